The van der Waals surface area contributed by atoms with E-state index in [4.69, 9.17) is 16.0 Å². The van der Waals surface area contributed by atoms with E-state index >= 15 is 0 Å². The zero-order valence-corrected chi connectivity index (χ0v) is 10.6. The molecule has 1 aromatic heterocycles. The van der Waals surface area contributed by atoms with Gasteiger partial charge in [-0.3, -0.25) is 14.9 Å². The Morgan fingerprint density at radius 2 is 2.33 bits per heavy atom. The smallest absolute Gasteiger partial charge is 0.395 e. The van der Waals surface area contributed by atoms with Crippen LogP contribution in [0.15, 0.2) is 16.5 Å². The van der Waals surface area contributed by atoms with Gasteiger partial charge in [0.25, 0.3) is 5.91 Å². The summed E-state index contributed by atoms with van der Waals surface area (Å²) >= 11 is 6.08. The van der Waals surface area contributed by atoms with Crippen LogP contribution in [0.3, 0.4) is 0 Å². The number of halogens is 1. The van der Waals surface area contributed by atoms with Gasteiger partial charge in [0.2, 0.25) is 0 Å². The van der Waals surface area contributed by atoms with Crippen LogP contribution in [-0.4, -0.2) is 34.2 Å². The number of nitrogens with zero attached hydrogens (tertiary/aromatic N) is 2. The highest BCUT2D eigenvalue weighted by Crippen LogP contribution is 2.24. The lowest BCUT2D eigenvalue weighted by atomic mass is 9.99. The molecule has 18 heavy (non-hydrogen) atoms. The maximum Gasteiger partial charge on any atom is 0.433 e. The average molecular weight is 273 g/mol. The largest absolute Gasteiger partial charge is 0.433 e. The number of rotatable bonds is 2. The number of carbonyl (C=O) groups excluding carboxylic acids is 1. The summed E-state index contributed by atoms with van der Waals surface area (Å²) in [5.74, 6) is -0.534. The Kier molecular flexibility index (Phi) is 3.56. The van der Waals surface area contributed by atoms with Gasteiger partial charge in [-0.05, 0) is 18.4 Å². The molecule has 0 aliphatic carbocycles. The highest BCUT2D eigenvalue weighted by molar-refractivity contribution is 6.20. The van der Waals surface area contributed by atoms with Gasteiger partial charge in [-0.25, -0.2) is 0 Å². The highest BCUT2D eigenvalue weighted by Gasteiger charge is 2.29. The molecule has 0 bridgehead atoms. The minimum atomic E-state index is -0.662. The Morgan fingerprint density at radius 3 is 2.89 bits per heavy atom. The third kappa shape index (κ3) is 2.48. The van der Waals surface area contributed by atoms with Gasteiger partial charge in [0, 0.05) is 18.5 Å². The lowest BCUT2D eigenvalue weighted by Crippen LogP contribution is -2.43. The summed E-state index contributed by atoms with van der Waals surface area (Å²) < 4.78 is 4.90. The number of furan rings is 1. The van der Waals surface area contributed by atoms with Gasteiger partial charge in [-0.15, -0.1) is 11.6 Å². The molecule has 1 saturated heterocycles. The number of likely N-dealkylation sites (tertiary alicyclic amines) is 1. The van der Waals surface area contributed by atoms with Gasteiger partial charge in [0.15, 0.2) is 5.76 Å². The molecule has 2 heterocycles. The Hall–Kier alpha value is -1.56. The molecule has 0 N–H and O–H groups in total. The van der Waals surface area contributed by atoms with E-state index in [-0.39, 0.29) is 23.0 Å². The van der Waals surface area contributed by atoms with Crippen molar-refractivity contribution in [1.82, 2.24) is 4.90 Å². The van der Waals surface area contributed by atoms with Gasteiger partial charge < -0.3 is 9.32 Å². The first kappa shape index (κ1) is 12.9. The molecule has 2 unspecified atom stereocenters. The summed E-state index contributed by atoms with van der Waals surface area (Å²) in [5.41, 5.74) is 0. The van der Waals surface area contributed by atoms with Crippen LogP contribution >= 0.6 is 11.6 Å². The number of carbonyl (C=O) groups is 1. The number of hydrogen-bond donors (Lipinski definition) is 0. The van der Waals surface area contributed by atoms with Crippen LogP contribution < -0.4 is 0 Å². The Labute approximate surface area is 109 Å². The predicted octanol–water partition coefficient (Wildman–Crippen LogP) is 2.28. The molecule has 1 amide bonds. The van der Waals surface area contributed by atoms with Gasteiger partial charge >= 0.3 is 5.88 Å². The molecular weight excluding hydrogens is 260 g/mol. The van der Waals surface area contributed by atoms with E-state index in [1.54, 1.807) is 4.90 Å². The van der Waals surface area contributed by atoms with Crippen molar-refractivity contribution < 1.29 is 14.1 Å². The molecule has 1 aliphatic rings. The molecule has 2 atom stereocenters. The van der Waals surface area contributed by atoms with E-state index < -0.39 is 10.8 Å². The second-order valence-electron chi connectivity index (χ2n) is 4.43. The van der Waals surface area contributed by atoms with E-state index in [9.17, 15) is 14.9 Å². The SMILES string of the molecule is CC1CN(C(=O)c2ccc([N+](=O)[O-])o2)CCC1Cl. The first-order valence-electron chi connectivity index (χ1n) is 5.66. The van der Waals surface area contributed by atoms with Crippen molar-refractivity contribution in [3.63, 3.8) is 0 Å². The second-order valence-corrected chi connectivity index (χ2v) is 4.99. The molecule has 0 saturated carbocycles. The molecule has 1 fully saturated rings. The van der Waals surface area contributed by atoms with Gasteiger partial charge in [0.05, 0.1) is 6.07 Å². The van der Waals surface area contributed by atoms with Crippen LogP contribution in [0, 0.1) is 16.0 Å². The summed E-state index contributed by atoms with van der Waals surface area (Å²) in [6.07, 6.45) is 0.720. The van der Waals surface area contributed by atoms with E-state index in [2.05, 4.69) is 0 Å². The minimum absolute atomic E-state index is 0.00178. The van der Waals surface area contributed by atoms with Crippen LogP contribution in [0.1, 0.15) is 23.9 Å². The van der Waals surface area contributed by atoms with Crippen molar-refractivity contribution in [2.45, 2.75) is 18.7 Å². The van der Waals surface area contributed by atoms with E-state index in [1.165, 1.54) is 12.1 Å². The molecule has 0 radical (unpaired) electrons. The molecule has 2 rings (SSSR count). The average Bonchev–Trinajstić information content (AvgIpc) is 2.81. The summed E-state index contributed by atoms with van der Waals surface area (Å²) in [4.78, 5) is 23.5. The first-order valence-corrected chi connectivity index (χ1v) is 6.10. The number of piperidine rings is 1. The summed E-state index contributed by atoms with van der Waals surface area (Å²) in [7, 11) is 0. The summed E-state index contributed by atoms with van der Waals surface area (Å²) in [6, 6.07) is 2.52. The minimum Gasteiger partial charge on any atom is -0.395 e. The first-order chi connectivity index (χ1) is 8.49. The maximum absolute atomic E-state index is 12.1. The summed E-state index contributed by atoms with van der Waals surface area (Å²) in [6.45, 7) is 3.06. The zero-order valence-electron chi connectivity index (χ0n) is 9.84. The predicted molar refractivity (Wildman–Crippen MR) is 64.7 cm³/mol. The van der Waals surface area contributed by atoms with Crippen molar-refractivity contribution in [2.24, 2.45) is 5.92 Å². The van der Waals surface area contributed by atoms with Crippen molar-refractivity contribution in [2.75, 3.05) is 13.1 Å². The zero-order chi connectivity index (χ0) is 13.3. The van der Waals surface area contributed by atoms with E-state index in [0.29, 0.717) is 13.1 Å². The Morgan fingerprint density at radius 1 is 1.61 bits per heavy atom. The maximum atomic E-state index is 12.1. The molecule has 1 aromatic rings. The van der Waals surface area contributed by atoms with Crippen molar-refractivity contribution in [3.05, 3.63) is 28.0 Å². The number of nitro groups is 1. The fourth-order valence-electron chi connectivity index (χ4n) is 2.00. The van der Waals surface area contributed by atoms with Crippen LogP contribution in [0.4, 0.5) is 5.88 Å². The van der Waals surface area contributed by atoms with Gasteiger partial charge in [-0.2, -0.15) is 0 Å². The normalized spacial score (nSPS) is 24.0. The molecule has 0 spiro atoms. The van der Waals surface area contributed by atoms with Gasteiger partial charge in [-0.1, -0.05) is 6.92 Å². The van der Waals surface area contributed by atoms with Crippen molar-refractivity contribution in [3.8, 4) is 0 Å². The number of hydrogen-bond acceptors (Lipinski definition) is 4. The quantitative estimate of drug-likeness (QED) is 0.470. The molecule has 6 nitrogen and oxygen atoms in total. The molecular formula is C11H13ClN2O4. The van der Waals surface area contributed by atoms with Crippen molar-refractivity contribution >= 4 is 23.4 Å². The topological polar surface area (TPSA) is 76.6 Å². The number of alkyl halides is 1. The molecule has 0 aromatic carbocycles. The fraction of sp³-hybridized carbons (Fsp3) is 0.545. The third-order valence-electron chi connectivity index (χ3n) is 3.07. The lowest BCUT2D eigenvalue weighted by molar-refractivity contribution is -0.402. The number of amides is 1. The molecule has 1 aliphatic heterocycles. The molecule has 7 heteroatoms. The van der Waals surface area contributed by atoms with Crippen LogP contribution in [0.2, 0.25) is 0 Å². The monoisotopic (exact) mass is 272 g/mol. The summed E-state index contributed by atoms with van der Waals surface area (Å²) in [5, 5.41) is 10.5. The van der Waals surface area contributed by atoms with E-state index in [0.717, 1.165) is 6.42 Å². The Bertz CT molecular complexity index is 473. The lowest BCUT2D eigenvalue weighted by Gasteiger charge is -2.33. The molecule has 98 valence electrons. The van der Waals surface area contributed by atoms with E-state index in [1.807, 2.05) is 6.92 Å². The van der Waals surface area contributed by atoms with Crippen LogP contribution in [0.5, 0.6) is 0 Å². The highest BCUT2D eigenvalue weighted by atomic mass is 35.5. The fourth-order valence-corrected chi connectivity index (χ4v) is 2.18. The second kappa shape index (κ2) is 4.97. The Balaban J connectivity index is 2.09. The third-order valence-corrected chi connectivity index (χ3v) is 3.72. The van der Waals surface area contributed by atoms with Crippen LogP contribution in [0.25, 0.3) is 0 Å². The van der Waals surface area contributed by atoms with Gasteiger partial charge in [0.1, 0.15) is 4.92 Å². The van der Waals surface area contributed by atoms with Crippen LogP contribution in [-0.2, 0) is 0 Å². The van der Waals surface area contributed by atoms with Crippen molar-refractivity contribution in [1.29, 1.82) is 0 Å². The standard InChI is InChI=1S/C11H13ClN2O4/c1-7-6-13(5-4-8(7)12)11(15)9-2-3-10(18-9)14(16)17/h2-3,7-8H,4-6H2,1H3.